The Kier molecular flexibility index (Phi) is 5.97. The van der Waals surface area contributed by atoms with Crippen molar-refractivity contribution in [2.45, 2.75) is 19.9 Å². The molecule has 0 aliphatic heterocycles. The highest BCUT2D eigenvalue weighted by Crippen LogP contribution is 2.16. The van der Waals surface area contributed by atoms with Gasteiger partial charge < -0.3 is 14.8 Å². The van der Waals surface area contributed by atoms with Crippen molar-refractivity contribution in [3.05, 3.63) is 59.9 Å². The quantitative estimate of drug-likeness (QED) is 0.853. The number of para-hydroxylation sites is 1. The first-order valence-corrected chi connectivity index (χ1v) is 7.41. The number of carbonyl (C=O) groups is 1. The average Bonchev–Trinajstić information content (AvgIpc) is 2.53. The zero-order chi connectivity index (χ0) is 16.7. The summed E-state index contributed by atoms with van der Waals surface area (Å²) in [6.45, 7) is 4.07. The lowest BCUT2D eigenvalue weighted by molar-refractivity contribution is -0.123. The third kappa shape index (κ3) is 5.62. The lowest BCUT2D eigenvalue weighted by atomic mass is 10.2. The summed E-state index contributed by atoms with van der Waals surface area (Å²) in [6.07, 6.45) is 0. The maximum Gasteiger partial charge on any atom is 0.258 e. The Labute approximate surface area is 135 Å². The molecule has 0 aliphatic rings. The first-order chi connectivity index (χ1) is 11.0. The molecule has 2 aromatic rings. The van der Waals surface area contributed by atoms with E-state index in [0.717, 1.165) is 11.3 Å². The fraction of sp³-hybridized carbons (Fsp3) is 0.278. The molecule has 1 atom stereocenters. The number of rotatable bonds is 7. The monoisotopic (exact) mass is 317 g/mol. The van der Waals surface area contributed by atoms with Gasteiger partial charge in [-0.2, -0.15) is 0 Å². The minimum Gasteiger partial charge on any atom is -0.491 e. The number of amides is 1. The summed E-state index contributed by atoms with van der Waals surface area (Å²) in [5.74, 6) is 0.653. The van der Waals surface area contributed by atoms with E-state index in [1.165, 1.54) is 24.3 Å². The zero-order valence-electron chi connectivity index (χ0n) is 13.2. The first-order valence-electron chi connectivity index (χ1n) is 7.41. The highest BCUT2D eigenvalue weighted by Gasteiger charge is 2.09. The Morgan fingerprint density at radius 2 is 1.83 bits per heavy atom. The standard InChI is InChI=1S/C18H20FNO3/c1-13-5-3-4-6-17(13)23-11-14(2)20-18(21)12-22-16-9-7-15(19)8-10-16/h3-10,14H,11-12H2,1-2H3,(H,20,21)/t14-/m1/s1. The molecule has 0 bridgehead atoms. The third-order valence-electron chi connectivity index (χ3n) is 3.17. The fourth-order valence-electron chi connectivity index (χ4n) is 1.97. The van der Waals surface area contributed by atoms with Crippen LogP contribution >= 0.6 is 0 Å². The maximum atomic E-state index is 12.8. The van der Waals surface area contributed by atoms with Crippen LogP contribution in [0.3, 0.4) is 0 Å². The van der Waals surface area contributed by atoms with Crippen LogP contribution in [0.1, 0.15) is 12.5 Å². The fourth-order valence-corrected chi connectivity index (χ4v) is 1.97. The van der Waals surface area contributed by atoms with Crippen molar-refractivity contribution in [2.75, 3.05) is 13.2 Å². The van der Waals surface area contributed by atoms with Gasteiger partial charge in [-0.05, 0) is 49.7 Å². The molecule has 0 fully saturated rings. The van der Waals surface area contributed by atoms with Crippen molar-refractivity contribution in [1.29, 1.82) is 0 Å². The molecule has 2 aromatic carbocycles. The molecule has 0 spiro atoms. The van der Waals surface area contributed by atoms with Crippen LogP contribution < -0.4 is 14.8 Å². The summed E-state index contributed by atoms with van der Waals surface area (Å²) < 4.78 is 23.7. The Balaban J connectivity index is 1.72. The average molecular weight is 317 g/mol. The molecule has 1 N–H and O–H groups in total. The van der Waals surface area contributed by atoms with Crippen LogP contribution in [0.15, 0.2) is 48.5 Å². The van der Waals surface area contributed by atoms with E-state index >= 15 is 0 Å². The maximum absolute atomic E-state index is 12.8. The summed E-state index contributed by atoms with van der Waals surface area (Å²) in [5.41, 5.74) is 1.05. The van der Waals surface area contributed by atoms with Crippen LogP contribution in [0.25, 0.3) is 0 Å². The Morgan fingerprint density at radius 3 is 2.52 bits per heavy atom. The minimum atomic E-state index is -0.344. The van der Waals surface area contributed by atoms with Gasteiger partial charge in [0.1, 0.15) is 23.9 Å². The topological polar surface area (TPSA) is 47.6 Å². The van der Waals surface area contributed by atoms with Crippen LogP contribution in [0, 0.1) is 12.7 Å². The van der Waals surface area contributed by atoms with Crippen molar-refractivity contribution in [3.8, 4) is 11.5 Å². The van der Waals surface area contributed by atoms with Gasteiger partial charge in [0.25, 0.3) is 5.91 Å². The van der Waals surface area contributed by atoms with E-state index in [2.05, 4.69) is 5.32 Å². The van der Waals surface area contributed by atoms with Gasteiger partial charge in [0.15, 0.2) is 6.61 Å². The van der Waals surface area contributed by atoms with Gasteiger partial charge in [-0.3, -0.25) is 4.79 Å². The van der Waals surface area contributed by atoms with Gasteiger partial charge in [-0.15, -0.1) is 0 Å². The van der Waals surface area contributed by atoms with Gasteiger partial charge in [-0.25, -0.2) is 4.39 Å². The second kappa shape index (κ2) is 8.17. The van der Waals surface area contributed by atoms with Crippen LogP contribution in [-0.2, 0) is 4.79 Å². The number of carbonyl (C=O) groups excluding carboxylic acids is 1. The molecule has 0 aromatic heterocycles. The molecule has 122 valence electrons. The summed E-state index contributed by atoms with van der Waals surface area (Å²) in [5, 5.41) is 2.79. The molecule has 1 amide bonds. The number of aryl methyl sites for hydroxylation is 1. The number of hydrogen-bond acceptors (Lipinski definition) is 3. The van der Waals surface area contributed by atoms with E-state index in [0.29, 0.717) is 12.4 Å². The molecule has 23 heavy (non-hydrogen) atoms. The van der Waals surface area contributed by atoms with Gasteiger partial charge in [0.05, 0.1) is 6.04 Å². The number of halogens is 1. The molecule has 0 unspecified atom stereocenters. The summed E-state index contributed by atoms with van der Waals surface area (Å²) in [6, 6.07) is 13.1. The lowest BCUT2D eigenvalue weighted by Crippen LogP contribution is -2.39. The van der Waals surface area contributed by atoms with E-state index in [9.17, 15) is 9.18 Å². The van der Waals surface area contributed by atoms with Crippen molar-refractivity contribution in [2.24, 2.45) is 0 Å². The van der Waals surface area contributed by atoms with Crippen LogP contribution in [-0.4, -0.2) is 25.2 Å². The SMILES string of the molecule is Cc1ccccc1OC[C@@H](C)NC(=O)COc1ccc(F)cc1. The molecule has 4 nitrogen and oxygen atoms in total. The largest absolute Gasteiger partial charge is 0.491 e. The molecule has 5 heteroatoms. The van der Waals surface area contributed by atoms with Gasteiger partial charge >= 0.3 is 0 Å². The van der Waals surface area contributed by atoms with Crippen molar-refractivity contribution in [1.82, 2.24) is 5.32 Å². The zero-order valence-corrected chi connectivity index (χ0v) is 13.2. The number of hydrogen-bond donors (Lipinski definition) is 1. The van der Waals surface area contributed by atoms with Crippen LogP contribution in [0.2, 0.25) is 0 Å². The summed E-state index contributed by atoms with van der Waals surface area (Å²) >= 11 is 0. The minimum absolute atomic E-state index is 0.125. The van der Waals surface area contributed by atoms with Gasteiger partial charge in [0, 0.05) is 0 Å². The molecular formula is C18H20FNO3. The molecule has 2 rings (SSSR count). The molecule has 0 aliphatic carbocycles. The van der Waals surface area contributed by atoms with E-state index in [1.807, 2.05) is 38.1 Å². The van der Waals surface area contributed by atoms with Gasteiger partial charge in [-0.1, -0.05) is 18.2 Å². The van der Waals surface area contributed by atoms with Crippen molar-refractivity contribution < 1.29 is 18.7 Å². The first kappa shape index (κ1) is 16.8. The number of nitrogens with one attached hydrogen (secondary N) is 1. The van der Waals surface area contributed by atoms with E-state index in [-0.39, 0.29) is 24.4 Å². The predicted molar refractivity (Wildman–Crippen MR) is 86.2 cm³/mol. The normalized spacial score (nSPS) is 11.6. The Bertz CT molecular complexity index is 643. The smallest absolute Gasteiger partial charge is 0.258 e. The van der Waals surface area contributed by atoms with Crippen LogP contribution in [0.5, 0.6) is 11.5 Å². The van der Waals surface area contributed by atoms with E-state index in [1.54, 1.807) is 0 Å². The second-order valence-corrected chi connectivity index (χ2v) is 5.29. The molecule has 0 saturated heterocycles. The van der Waals surface area contributed by atoms with Crippen LogP contribution in [0.4, 0.5) is 4.39 Å². The van der Waals surface area contributed by atoms with Crippen molar-refractivity contribution >= 4 is 5.91 Å². The number of ether oxygens (including phenoxy) is 2. The highest BCUT2D eigenvalue weighted by molar-refractivity contribution is 5.77. The Morgan fingerprint density at radius 1 is 1.13 bits per heavy atom. The Hall–Kier alpha value is -2.56. The van der Waals surface area contributed by atoms with Gasteiger partial charge in [0.2, 0.25) is 0 Å². The molecule has 0 saturated carbocycles. The van der Waals surface area contributed by atoms with E-state index in [4.69, 9.17) is 9.47 Å². The highest BCUT2D eigenvalue weighted by atomic mass is 19.1. The lowest BCUT2D eigenvalue weighted by Gasteiger charge is -2.16. The van der Waals surface area contributed by atoms with E-state index < -0.39 is 0 Å². The number of benzene rings is 2. The molecule has 0 heterocycles. The molecular weight excluding hydrogens is 297 g/mol. The molecule has 0 radical (unpaired) electrons. The predicted octanol–water partition coefficient (Wildman–Crippen LogP) is 3.10. The summed E-state index contributed by atoms with van der Waals surface area (Å²) in [7, 11) is 0. The van der Waals surface area contributed by atoms with Crippen molar-refractivity contribution in [3.63, 3.8) is 0 Å². The summed E-state index contributed by atoms with van der Waals surface area (Å²) in [4.78, 5) is 11.8. The third-order valence-corrected chi connectivity index (χ3v) is 3.17. The second-order valence-electron chi connectivity index (χ2n) is 5.29.